The summed E-state index contributed by atoms with van der Waals surface area (Å²) in [5.41, 5.74) is 0. The van der Waals surface area contributed by atoms with Crippen LogP contribution >= 0.6 is 0 Å². The molecule has 0 amide bonds. The molecule has 2 aliphatic rings. The minimum atomic E-state index is 0.205. The molecule has 3 unspecified atom stereocenters. The van der Waals surface area contributed by atoms with E-state index in [1.165, 1.54) is 6.42 Å². The molecule has 1 aromatic rings. The Labute approximate surface area is 120 Å². The van der Waals surface area contributed by atoms with Crippen LogP contribution < -0.4 is 9.80 Å². The molecule has 3 heterocycles. The van der Waals surface area contributed by atoms with Gasteiger partial charge in [0.15, 0.2) is 0 Å². The van der Waals surface area contributed by atoms with E-state index in [2.05, 4.69) is 39.7 Å². The zero-order valence-electron chi connectivity index (χ0n) is 12.4. The van der Waals surface area contributed by atoms with Crippen LogP contribution in [0.4, 0.5) is 11.6 Å². The molecule has 2 saturated heterocycles. The summed E-state index contributed by atoms with van der Waals surface area (Å²) in [6.07, 6.45) is 5.06. The van der Waals surface area contributed by atoms with Crippen LogP contribution in [0, 0.1) is 5.92 Å². The van der Waals surface area contributed by atoms with Gasteiger partial charge in [-0.15, -0.1) is 0 Å². The van der Waals surface area contributed by atoms with E-state index in [0.29, 0.717) is 12.0 Å². The van der Waals surface area contributed by atoms with Crippen LogP contribution in [0.1, 0.15) is 33.1 Å². The topological polar surface area (TPSA) is 52.5 Å². The standard InChI is InChI=1S/C15H24N4O/c1-11-5-7-18(12(11)2)14-8-15(17-10-16-14)19-6-3-4-13(19)9-20/h8,10-13,20H,3-7,9H2,1-2H3. The number of aromatic nitrogens is 2. The Kier molecular flexibility index (Phi) is 3.78. The Bertz CT molecular complexity index is 448. The molecule has 110 valence electrons. The molecule has 0 aromatic carbocycles. The van der Waals surface area contributed by atoms with Crippen LogP contribution in [-0.4, -0.2) is 46.9 Å². The highest BCUT2D eigenvalue weighted by Crippen LogP contribution is 2.31. The number of hydrogen-bond donors (Lipinski definition) is 1. The van der Waals surface area contributed by atoms with Gasteiger partial charge >= 0.3 is 0 Å². The molecule has 0 spiro atoms. The predicted molar refractivity (Wildman–Crippen MR) is 80.1 cm³/mol. The van der Waals surface area contributed by atoms with Gasteiger partial charge in [-0.1, -0.05) is 6.92 Å². The second-order valence-electron chi connectivity index (χ2n) is 6.11. The fourth-order valence-corrected chi connectivity index (χ4v) is 3.40. The van der Waals surface area contributed by atoms with Gasteiger partial charge in [-0.2, -0.15) is 0 Å². The molecule has 1 aromatic heterocycles. The van der Waals surface area contributed by atoms with Gasteiger partial charge < -0.3 is 14.9 Å². The van der Waals surface area contributed by atoms with Gasteiger partial charge in [0.25, 0.3) is 0 Å². The van der Waals surface area contributed by atoms with Crippen LogP contribution in [-0.2, 0) is 0 Å². The van der Waals surface area contributed by atoms with E-state index in [-0.39, 0.29) is 12.6 Å². The first kappa shape index (κ1) is 13.6. The first-order valence-corrected chi connectivity index (χ1v) is 7.67. The third-order valence-corrected chi connectivity index (χ3v) is 4.96. The third-order valence-electron chi connectivity index (χ3n) is 4.96. The third kappa shape index (κ3) is 2.35. The van der Waals surface area contributed by atoms with Crippen molar-refractivity contribution in [3.05, 3.63) is 12.4 Å². The van der Waals surface area contributed by atoms with Gasteiger partial charge in [-0.05, 0) is 32.1 Å². The summed E-state index contributed by atoms with van der Waals surface area (Å²) in [5.74, 6) is 2.69. The van der Waals surface area contributed by atoms with E-state index in [1.54, 1.807) is 6.33 Å². The molecule has 5 heteroatoms. The van der Waals surface area contributed by atoms with Gasteiger partial charge in [0.05, 0.1) is 12.6 Å². The van der Waals surface area contributed by atoms with Crippen molar-refractivity contribution in [1.82, 2.24) is 9.97 Å². The van der Waals surface area contributed by atoms with E-state index < -0.39 is 0 Å². The average Bonchev–Trinajstić information content (AvgIpc) is 3.07. The Balaban J connectivity index is 1.83. The van der Waals surface area contributed by atoms with Crippen molar-refractivity contribution >= 4 is 11.6 Å². The van der Waals surface area contributed by atoms with Crippen molar-refractivity contribution in [3.8, 4) is 0 Å². The maximum atomic E-state index is 9.46. The molecule has 0 aliphatic carbocycles. The molecule has 1 N–H and O–H groups in total. The van der Waals surface area contributed by atoms with E-state index in [0.717, 1.165) is 37.6 Å². The minimum absolute atomic E-state index is 0.205. The highest BCUT2D eigenvalue weighted by Gasteiger charge is 2.30. The lowest BCUT2D eigenvalue weighted by molar-refractivity contribution is 0.266. The lowest BCUT2D eigenvalue weighted by atomic mass is 10.1. The zero-order valence-corrected chi connectivity index (χ0v) is 12.4. The second kappa shape index (κ2) is 5.56. The molecule has 3 rings (SSSR count). The highest BCUT2D eigenvalue weighted by molar-refractivity contribution is 5.52. The normalized spacial score (nSPS) is 30.2. The molecule has 2 aliphatic heterocycles. The van der Waals surface area contributed by atoms with Crippen molar-refractivity contribution < 1.29 is 5.11 Å². The van der Waals surface area contributed by atoms with Crippen molar-refractivity contribution in [2.24, 2.45) is 5.92 Å². The van der Waals surface area contributed by atoms with Crippen molar-refractivity contribution in [2.75, 3.05) is 29.5 Å². The smallest absolute Gasteiger partial charge is 0.134 e. The highest BCUT2D eigenvalue weighted by atomic mass is 16.3. The van der Waals surface area contributed by atoms with Gasteiger partial charge in [-0.25, -0.2) is 9.97 Å². The molecule has 2 fully saturated rings. The summed E-state index contributed by atoms with van der Waals surface area (Å²) in [5, 5.41) is 9.46. The van der Waals surface area contributed by atoms with Crippen LogP contribution in [0.5, 0.6) is 0 Å². The second-order valence-corrected chi connectivity index (χ2v) is 6.11. The summed E-state index contributed by atoms with van der Waals surface area (Å²) < 4.78 is 0. The Morgan fingerprint density at radius 2 is 1.90 bits per heavy atom. The fourth-order valence-electron chi connectivity index (χ4n) is 3.40. The predicted octanol–water partition coefficient (Wildman–Crippen LogP) is 1.67. The SMILES string of the molecule is CC1CCN(c2cc(N3CCCC3CO)ncn2)C1C. The average molecular weight is 276 g/mol. The number of anilines is 2. The maximum Gasteiger partial charge on any atom is 0.134 e. The molecular formula is C15H24N4O. The molecule has 5 nitrogen and oxygen atoms in total. The van der Waals surface area contributed by atoms with Crippen molar-refractivity contribution in [3.63, 3.8) is 0 Å². The molecule has 0 saturated carbocycles. The summed E-state index contributed by atoms with van der Waals surface area (Å²) in [7, 11) is 0. The van der Waals surface area contributed by atoms with Gasteiger partial charge in [0.2, 0.25) is 0 Å². The van der Waals surface area contributed by atoms with Gasteiger partial charge in [0.1, 0.15) is 18.0 Å². The summed E-state index contributed by atoms with van der Waals surface area (Å²) in [6.45, 7) is 6.83. The zero-order chi connectivity index (χ0) is 14.1. The first-order chi connectivity index (χ1) is 9.70. The number of nitrogens with zero attached hydrogens (tertiary/aromatic N) is 4. The van der Waals surface area contributed by atoms with Crippen molar-refractivity contribution in [2.45, 2.75) is 45.2 Å². The number of aliphatic hydroxyl groups excluding tert-OH is 1. The number of aliphatic hydroxyl groups is 1. The van der Waals surface area contributed by atoms with Crippen LogP contribution in [0.25, 0.3) is 0 Å². The molecule has 0 radical (unpaired) electrons. The molecule has 20 heavy (non-hydrogen) atoms. The largest absolute Gasteiger partial charge is 0.394 e. The number of rotatable bonds is 3. The van der Waals surface area contributed by atoms with Crippen LogP contribution in [0.3, 0.4) is 0 Å². The van der Waals surface area contributed by atoms with Crippen LogP contribution in [0.2, 0.25) is 0 Å². The Morgan fingerprint density at radius 3 is 2.55 bits per heavy atom. The monoisotopic (exact) mass is 276 g/mol. The number of hydrogen-bond acceptors (Lipinski definition) is 5. The lowest BCUT2D eigenvalue weighted by Crippen LogP contribution is -2.34. The minimum Gasteiger partial charge on any atom is -0.394 e. The van der Waals surface area contributed by atoms with E-state index >= 15 is 0 Å². The molecule has 3 atom stereocenters. The van der Waals surface area contributed by atoms with Gasteiger partial charge in [0, 0.05) is 25.2 Å². The molecule has 0 bridgehead atoms. The first-order valence-electron chi connectivity index (χ1n) is 7.67. The summed E-state index contributed by atoms with van der Waals surface area (Å²) in [4.78, 5) is 13.5. The van der Waals surface area contributed by atoms with E-state index in [9.17, 15) is 5.11 Å². The summed E-state index contributed by atoms with van der Waals surface area (Å²) >= 11 is 0. The molecular weight excluding hydrogens is 252 g/mol. The summed E-state index contributed by atoms with van der Waals surface area (Å²) in [6, 6.07) is 2.83. The lowest BCUT2D eigenvalue weighted by Gasteiger charge is -2.27. The fraction of sp³-hybridized carbons (Fsp3) is 0.733. The van der Waals surface area contributed by atoms with E-state index in [1.807, 2.05) is 0 Å². The van der Waals surface area contributed by atoms with E-state index in [4.69, 9.17) is 0 Å². The van der Waals surface area contributed by atoms with Crippen LogP contribution in [0.15, 0.2) is 12.4 Å². The van der Waals surface area contributed by atoms with Gasteiger partial charge in [-0.3, -0.25) is 0 Å². The Hall–Kier alpha value is -1.36. The Morgan fingerprint density at radius 1 is 1.15 bits per heavy atom. The van der Waals surface area contributed by atoms with Crippen molar-refractivity contribution in [1.29, 1.82) is 0 Å². The quantitative estimate of drug-likeness (QED) is 0.910. The maximum absolute atomic E-state index is 9.46.